The number of alkyl halides is 1. The third-order valence-electron chi connectivity index (χ3n) is 4.85. The van der Waals surface area contributed by atoms with Crippen LogP contribution in [0.3, 0.4) is 0 Å². The minimum absolute atomic E-state index is 0.219. The van der Waals surface area contributed by atoms with E-state index in [2.05, 4.69) is 25.9 Å². The second-order valence-corrected chi connectivity index (χ2v) is 8.21. The van der Waals surface area contributed by atoms with Gasteiger partial charge in [-0.3, -0.25) is 10.2 Å². The van der Waals surface area contributed by atoms with Crippen molar-refractivity contribution in [1.82, 2.24) is 30.2 Å². The molecule has 0 radical (unpaired) electrons. The third-order valence-corrected chi connectivity index (χ3v) is 6.09. The number of para-hydroxylation sites is 1. The van der Waals surface area contributed by atoms with E-state index in [9.17, 15) is 4.79 Å². The van der Waals surface area contributed by atoms with E-state index in [-0.39, 0.29) is 11.9 Å². The Kier molecular flexibility index (Phi) is 4.72. The molecule has 0 bridgehead atoms. The van der Waals surface area contributed by atoms with E-state index in [0.29, 0.717) is 17.4 Å². The highest BCUT2D eigenvalue weighted by Gasteiger charge is 2.48. The van der Waals surface area contributed by atoms with E-state index < -0.39 is 5.38 Å². The summed E-state index contributed by atoms with van der Waals surface area (Å²) in [7, 11) is 1.60. The van der Waals surface area contributed by atoms with Crippen LogP contribution in [0.1, 0.15) is 16.6 Å². The van der Waals surface area contributed by atoms with E-state index in [1.807, 2.05) is 48.5 Å². The number of ether oxygens (including phenoxy) is 1. The highest BCUT2D eigenvalue weighted by Crippen LogP contribution is 2.39. The van der Waals surface area contributed by atoms with Crippen molar-refractivity contribution in [3.8, 4) is 5.75 Å². The average Bonchev–Trinajstić information content (AvgIpc) is 3.40. The fourth-order valence-corrected chi connectivity index (χ4v) is 4.43. The zero-order valence-corrected chi connectivity index (χ0v) is 17.3. The van der Waals surface area contributed by atoms with Crippen LogP contribution in [0.15, 0.2) is 48.5 Å². The lowest BCUT2D eigenvalue weighted by atomic mass is 9.95. The standard InChI is InChI=1S/C19H16ClN7O2S/c1-29-12-6-4-5-11(9-12)17-16(20)18(28)27(17)24-19-23-22-15(30-19)10-26-14-8-3-2-7-13(14)21-25-26/h2-9,16-17H,10H2,1H3,(H,23,24). The first-order valence-corrected chi connectivity index (χ1v) is 10.4. The van der Waals surface area contributed by atoms with Gasteiger partial charge in [-0.15, -0.1) is 26.9 Å². The molecule has 11 heteroatoms. The first-order valence-electron chi connectivity index (χ1n) is 9.12. The maximum Gasteiger partial charge on any atom is 0.262 e. The molecule has 152 valence electrons. The highest BCUT2D eigenvalue weighted by atomic mass is 35.5. The number of halogens is 1. The molecule has 3 heterocycles. The molecule has 2 aromatic heterocycles. The van der Waals surface area contributed by atoms with Gasteiger partial charge in [-0.05, 0) is 29.8 Å². The van der Waals surface area contributed by atoms with Crippen molar-refractivity contribution >= 4 is 45.0 Å². The molecule has 0 spiro atoms. The Labute approximate surface area is 180 Å². The van der Waals surface area contributed by atoms with Gasteiger partial charge in [0.25, 0.3) is 5.91 Å². The molecule has 1 saturated heterocycles. The Morgan fingerprint density at radius 1 is 1.17 bits per heavy atom. The van der Waals surface area contributed by atoms with Crippen LogP contribution in [0.25, 0.3) is 11.0 Å². The van der Waals surface area contributed by atoms with Gasteiger partial charge < -0.3 is 4.74 Å². The number of hydrogen-bond acceptors (Lipinski definition) is 8. The molecule has 0 saturated carbocycles. The van der Waals surface area contributed by atoms with Crippen LogP contribution in [0, 0.1) is 0 Å². The number of benzene rings is 2. The number of nitrogens with one attached hydrogen (secondary N) is 1. The fraction of sp³-hybridized carbons (Fsp3) is 0.211. The number of methoxy groups -OCH3 is 1. The molecule has 1 aliphatic heterocycles. The molecular weight excluding hydrogens is 426 g/mol. The maximum atomic E-state index is 12.3. The van der Waals surface area contributed by atoms with E-state index in [0.717, 1.165) is 21.6 Å². The van der Waals surface area contributed by atoms with Gasteiger partial charge in [0.15, 0.2) is 0 Å². The van der Waals surface area contributed by atoms with E-state index >= 15 is 0 Å². The highest BCUT2D eigenvalue weighted by molar-refractivity contribution is 7.15. The number of nitrogens with zero attached hydrogens (tertiary/aromatic N) is 6. The van der Waals surface area contributed by atoms with Gasteiger partial charge in [-0.2, -0.15) is 0 Å². The number of β-lactam (4-membered cyclic amide) rings is 1. The number of hydrazine groups is 1. The van der Waals surface area contributed by atoms with Crippen LogP contribution in [-0.4, -0.2) is 48.6 Å². The van der Waals surface area contributed by atoms with Crippen molar-refractivity contribution in [3.05, 3.63) is 59.1 Å². The topological polar surface area (TPSA) is 98.1 Å². The molecule has 2 aromatic carbocycles. The fourth-order valence-electron chi connectivity index (χ4n) is 3.35. The molecule has 0 aliphatic carbocycles. The van der Waals surface area contributed by atoms with Crippen LogP contribution in [-0.2, 0) is 11.3 Å². The molecule has 1 amide bonds. The van der Waals surface area contributed by atoms with Crippen molar-refractivity contribution in [3.63, 3.8) is 0 Å². The summed E-state index contributed by atoms with van der Waals surface area (Å²) >= 11 is 7.63. The predicted octanol–water partition coefficient (Wildman–Crippen LogP) is 2.86. The number of carbonyl (C=O) groups excluding carboxylic acids is 1. The van der Waals surface area contributed by atoms with Gasteiger partial charge >= 0.3 is 0 Å². The van der Waals surface area contributed by atoms with E-state index in [1.165, 1.54) is 16.3 Å². The van der Waals surface area contributed by atoms with Crippen molar-refractivity contribution < 1.29 is 9.53 Å². The summed E-state index contributed by atoms with van der Waals surface area (Å²) in [6.07, 6.45) is 0. The van der Waals surface area contributed by atoms with Gasteiger partial charge in [-0.1, -0.05) is 40.8 Å². The number of anilines is 1. The van der Waals surface area contributed by atoms with E-state index in [1.54, 1.807) is 11.8 Å². The van der Waals surface area contributed by atoms with Gasteiger partial charge in [-0.25, -0.2) is 9.69 Å². The number of carbonyl (C=O) groups is 1. The summed E-state index contributed by atoms with van der Waals surface area (Å²) in [5.41, 5.74) is 5.66. The van der Waals surface area contributed by atoms with Crippen LogP contribution >= 0.6 is 22.9 Å². The van der Waals surface area contributed by atoms with Crippen LogP contribution in [0.4, 0.5) is 5.13 Å². The average molecular weight is 442 g/mol. The second kappa shape index (κ2) is 7.54. The summed E-state index contributed by atoms with van der Waals surface area (Å²) in [6, 6.07) is 14.9. The summed E-state index contributed by atoms with van der Waals surface area (Å²) in [4.78, 5) is 12.3. The van der Waals surface area contributed by atoms with Crippen molar-refractivity contribution in [2.45, 2.75) is 18.0 Å². The molecule has 4 aromatic rings. The second-order valence-electron chi connectivity index (χ2n) is 6.68. The molecule has 5 rings (SSSR count). The zero-order valence-electron chi connectivity index (χ0n) is 15.8. The minimum atomic E-state index is -0.654. The molecule has 1 fully saturated rings. The number of aromatic nitrogens is 5. The summed E-state index contributed by atoms with van der Waals surface area (Å²) in [5.74, 6) is 0.484. The Morgan fingerprint density at radius 2 is 2.03 bits per heavy atom. The largest absolute Gasteiger partial charge is 0.497 e. The predicted molar refractivity (Wildman–Crippen MR) is 112 cm³/mol. The van der Waals surface area contributed by atoms with Crippen molar-refractivity contribution in [1.29, 1.82) is 0 Å². The molecular formula is C19H16ClN7O2S. The van der Waals surface area contributed by atoms with Crippen molar-refractivity contribution in [2.75, 3.05) is 12.5 Å². The Morgan fingerprint density at radius 3 is 2.90 bits per heavy atom. The van der Waals surface area contributed by atoms with Crippen LogP contribution in [0.5, 0.6) is 5.75 Å². The third kappa shape index (κ3) is 3.23. The van der Waals surface area contributed by atoms with Crippen LogP contribution < -0.4 is 10.2 Å². The summed E-state index contributed by atoms with van der Waals surface area (Å²) in [6.45, 7) is 0.436. The monoisotopic (exact) mass is 441 g/mol. The molecule has 9 nitrogen and oxygen atoms in total. The van der Waals surface area contributed by atoms with E-state index in [4.69, 9.17) is 16.3 Å². The molecule has 1 aliphatic rings. The lowest BCUT2D eigenvalue weighted by Gasteiger charge is -2.43. The SMILES string of the molecule is COc1cccc(C2C(Cl)C(=O)N2Nc2nnc(Cn3nnc4ccccc43)s2)c1. The van der Waals surface area contributed by atoms with Gasteiger partial charge in [0.2, 0.25) is 5.13 Å². The number of rotatable bonds is 6. The maximum absolute atomic E-state index is 12.3. The molecule has 1 N–H and O–H groups in total. The van der Waals surface area contributed by atoms with Gasteiger partial charge in [0.1, 0.15) is 27.7 Å². The lowest BCUT2D eigenvalue weighted by molar-refractivity contribution is -0.143. The Bertz CT molecular complexity index is 1230. The molecule has 30 heavy (non-hydrogen) atoms. The first-order chi connectivity index (χ1) is 14.6. The van der Waals surface area contributed by atoms with Crippen molar-refractivity contribution in [2.24, 2.45) is 0 Å². The number of hydrogen-bond donors (Lipinski definition) is 1. The summed E-state index contributed by atoms with van der Waals surface area (Å²) in [5, 5.41) is 18.7. The van der Waals surface area contributed by atoms with Gasteiger partial charge in [0, 0.05) is 0 Å². The Hall–Kier alpha value is -3.24. The normalized spacial score (nSPS) is 18.5. The minimum Gasteiger partial charge on any atom is -0.497 e. The lowest BCUT2D eigenvalue weighted by Crippen LogP contribution is -2.58. The Balaban J connectivity index is 1.33. The quantitative estimate of drug-likeness (QED) is 0.363. The number of fused-ring (bicyclic) bond motifs is 1. The van der Waals surface area contributed by atoms with Gasteiger partial charge in [0.05, 0.1) is 19.2 Å². The number of amides is 1. The summed E-state index contributed by atoms with van der Waals surface area (Å²) < 4.78 is 7.04. The van der Waals surface area contributed by atoms with Crippen LogP contribution in [0.2, 0.25) is 0 Å². The first kappa shape index (κ1) is 18.8. The molecule has 2 atom stereocenters. The smallest absolute Gasteiger partial charge is 0.262 e. The molecule has 2 unspecified atom stereocenters. The zero-order chi connectivity index (χ0) is 20.7.